The highest BCUT2D eigenvalue weighted by Gasteiger charge is 2.27. The lowest BCUT2D eigenvalue weighted by molar-refractivity contribution is -0.386. The lowest BCUT2D eigenvalue weighted by Gasteiger charge is -2.09. The molecule has 0 heterocycles. The minimum absolute atomic E-state index is 0.0950. The van der Waals surface area contributed by atoms with Crippen molar-refractivity contribution in [3.63, 3.8) is 0 Å². The van der Waals surface area contributed by atoms with Crippen molar-refractivity contribution in [1.82, 2.24) is 0 Å². The van der Waals surface area contributed by atoms with Gasteiger partial charge in [0.15, 0.2) is 5.75 Å². The summed E-state index contributed by atoms with van der Waals surface area (Å²) < 4.78 is 45.0. The molecule has 6 nitrogen and oxygen atoms in total. The van der Waals surface area contributed by atoms with Crippen molar-refractivity contribution in [2.45, 2.75) is 12.6 Å². The zero-order chi connectivity index (χ0) is 15.3. The molecule has 1 rings (SSSR count). The summed E-state index contributed by atoms with van der Waals surface area (Å²) in [5, 5.41) is 10.8. The molecule has 0 radical (unpaired) electrons. The van der Waals surface area contributed by atoms with E-state index in [2.05, 4.69) is 4.74 Å². The fourth-order valence-corrected chi connectivity index (χ4v) is 1.30. The normalized spacial score (nSPS) is 11.0. The molecule has 9 heteroatoms. The summed E-state index contributed by atoms with van der Waals surface area (Å²) in [6.07, 6.45) is -5.65. The van der Waals surface area contributed by atoms with Crippen molar-refractivity contribution in [3.8, 4) is 5.75 Å². The number of carbonyl (C=O) groups is 1. The molecule has 0 aliphatic rings. The highest BCUT2D eigenvalue weighted by Crippen LogP contribution is 2.29. The number of ether oxygens (including phenoxy) is 2. The Kier molecular flexibility index (Phi) is 4.89. The number of esters is 1. The Morgan fingerprint density at radius 1 is 1.40 bits per heavy atom. The third kappa shape index (κ3) is 4.41. The molecule has 0 N–H and O–H groups in total. The summed E-state index contributed by atoms with van der Waals surface area (Å²) in [6, 6.07) is 3.11. The number of nitro groups is 1. The van der Waals surface area contributed by atoms with Crippen LogP contribution in [0.5, 0.6) is 5.75 Å². The standard InChI is InChI=1S/C11H10F3NO5/c1-19-10(16)7-2-3-9(8(6-7)15(17)18)20-5-4-11(12,13)14/h2-3,6H,4-5H2,1H3. The van der Waals surface area contributed by atoms with E-state index >= 15 is 0 Å². The van der Waals surface area contributed by atoms with Crippen LogP contribution in [-0.2, 0) is 4.74 Å². The second kappa shape index (κ2) is 6.22. The minimum Gasteiger partial charge on any atom is -0.486 e. The molecule has 0 atom stereocenters. The van der Waals surface area contributed by atoms with E-state index in [-0.39, 0.29) is 11.3 Å². The lowest BCUT2D eigenvalue weighted by atomic mass is 10.2. The molecule has 0 unspecified atom stereocenters. The molecule has 0 bridgehead atoms. The van der Waals surface area contributed by atoms with Crippen LogP contribution in [0.2, 0.25) is 0 Å². The molecular formula is C11H10F3NO5. The van der Waals surface area contributed by atoms with Gasteiger partial charge in [-0.3, -0.25) is 10.1 Å². The van der Waals surface area contributed by atoms with Crippen LogP contribution in [0.4, 0.5) is 18.9 Å². The third-order valence-corrected chi connectivity index (χ3v) is 2.22. The first-order valence-electron chi connectivity index (χ1n) is 5.31. The summed E-state index contributed by atoms with van der Waals surface area (Å²) in [7, 11) is 1.10. The van der Waals surface area contributed by atoms with Crippen LogP contribution in [0.3, 0.4) is 0 Å². The number of rotatable bonds is 5. The highest BCUT2D eigenvalue weighted by molar-refractivity contribution is 5.90. The topological polar surface area (TPSA) is 78.7 Å². The second-order valence-electron chi connectivity index (χ2n) is 3.64. The molecule has 0 saturated heterocycles. The SMILES string of the molecule is COC(=O)c1ccc(OCCC(F)(F)F)c([N+](=O)[O-])c1. The molecule has 0 aromatic heterocycles. The van der Waals surface area contributed by atoms with E-state index in [0.29, 0.717) is 0 Å². The number of nitro benzene ring substituents is 1. The van der Waals surface area contributed by atoms with Gasteiger partial charge in [0, 0.05) is 6.07 Å². The second-order valence-corrected chi connectivity index (χ2v) is 3.64. The van der Waals surface area contributed by atoms with Crippen molar-refractivity contribution in [2.24, 2.45) is 0 Å². The Bertz CT molecular complexity index is 515. The molecule has 0 amide bonds. The summed E-state index contributed by atoms with van der Waals surface area (Å²) in [5.74, 6) is -1.14. The molecule has 1 aromatic rings. The number of nitrogens with zero attached hydrogens (tertiary/aromatic N) is 1. The van der Waals surface area contributed by atoms with Crippen LogP contribution in [-0.4, -0.2) is 30.8 Å². The van der Waals surface area contributed by atoms with Crippen molar-refractivity contribution in [3.05, 3.63) is 33.9 Å². The first-order valence-corrected chi connectivity index (χ1v) is 5.31. The summed E-state index contributed by atoms with van der Waals surface area (Å²) in [5.41, 5.74) is -0.697. The van der Waals surface area contributed by atoms with Crippen molar-refractivity contribution >= 4 is 11.7 Å². The van der Waals surface area contributed by atoms with Crippen LogP contribution in [0.15, 0.2) is 18.2 Å². The maximum Gasteiger partial charge on any atom is 0.392 e. The minimum atomic E-state index is -4.42. The van der Waals surface area contributed by atoms with Gasteiger partial charge in [-0.25, -0.2) is 4.79 Å². The van der Waals surface area contributed by atoms with Gasteiger partial charge in [0.05, 0.1) is 30.6 Å². The molecule has 110 valence electrons. The zero-order valence-electron chi connectivity index (χ0n) is 10.3. The van der Waals surface area contributed by atoms with Crippen molar-refractivity contribution < 1.29 is 32.4 Å². The predicted molar refractivity (Wildman–Crippen MR) is 60.6 cm³/mol. The van der Waals surface area contributed by atoms with Gasteiger partial charge in [0.25, 0.3) is 0 Å². The Balaban J connectivity index is 2.91. The highest BCUT2D eigenvalue weighted by atomic mass is 19.4. The first kappa shape index (κ1) is 15.7. The molecule has 1 aromatic carbocycles. The lowest BCUT2D eigenvalue weighted by Crippen LogP contribution is -2.13. The Labute approximate surface area is 111 Å². The quantitative estimate of drug-likeness (QED) is 0.474. The van der Waals surface area contributed by atoms with E-state index in [9.17, 15) is 28.1 Å². The van der Waals surface area contributed by atoms with Gasteiger partial charge < -0.3 is 9.47 Å². The summed E-state index contributed by atoms with van der Waals surface area (Å²) in [6.45, 7) is -0.748. The molecular weight excluding hydrogens is 283 g/mol. The Hall–Kier alpha value is -2.32. The van der Waals surface area contributed by atoms with E-state index in [4.69, 9.17) is 4.74 Å². The van der Waals surface area contributed by atoms with E-state index in [1.54, 1.807) is 0 Å². The van der Waals surface area contributed by atoms with Crippen molar-refractivity contribution in [2.75, 3.05) is 13.7 Å². The van der Waals surface area contributed by atoms with E-state index in [1.165, 1.54) is 6.07 Å². The fourth-order valence-electron chi connectivity index (χ4n) is 1.30. The molecule has 0 fully saturated rings. The largest absolute Gasteiger partial charge is 0.486 e. The van der Waals surface area contributed by atoms with Gasteiger partial charge >= 0.3 is 17.8 Å². The molecule has 0 spiro atoms. The van der Waals surface area contributed by atoms with E-state index in [0.717, 1.165) is 19.2 Å². The Morgan fingerprint density at radius 2 is 2.05 bits per heavy atom. The van der Waals surface area contributed by atoms with Gasteiger partial charge in [-0.15, -0.1) is 0 Å². The van der Waals surface area contributed by atoms with Gasteiger partial charge in [-0.2, -0.15) is 13.2 Å². The molecule has 0 aliphatic heterocycles. The number of hydrogen-bond acceptors (Lipinski definition) is 5. The molecule has 0 aliphatic carbocycles. The predicted octanol–water partition coefficient (Wildman–Crippen LogP) is 2.71. The zero-order valence-corrected chi connectivity index (χ0v) is 10.3. The fraction of sp³-hybridized carbons (Fsp3) is 0.364. The van der Waals surface area contributed by atoms with Crippen LogP contribution in [0.1, 0.15) is 16.8 Å². The van der Waals surface area contributed by atoms with Crippen LogP contribution >= 0.6 is 0 Å². The number of halogens is 3. The van der Waals surface area contributed by atoms with Gasteiger partial charge in [-0.1, -0.05) is 0 Å². The van der Waals surface area contributed by atoms with Gasteiger partial charge in [-0.05, 0) is 12.1 Å². The number of benzene rings is 1. The van der Waals surface area contributed by atoms with Crippen LogP contribution in [0.25, 0.3) is 0 Å². The number of carbonyl (C=O) groups excluding carboxylic acids is 1. The number of methoxy groups -OCH3 is 1. The van der Waals surface area contributed by atoms with Crippen molar-refractivity contribution in [1.29, 1.82) is 0 Å². The maximum absolute atomic E-state index is 12.0. The monoisotopic (exact) mass is 293 g/mol. The third-order valence-electron chi connectivity index (χ3n) is 2.22. The number of alkyl halides is 3. The average Bonchev–Trinajstić information content (AvgIpc) is 2.36. The summed E-state index contributed by atoms with van der Waals surface area (Å²) in [4.78, 5) is 21.2. The van der Waals surface area contributed by atoms with Crippen LogP contribution in [0, 0.1) is 10.1 Å². The maximum atomic E-state index is 12.0. The first-order chi connectivity index (χ1) is 9.24. The average molecular weight is 293 g/mol. The van der Waals surface area contributed by atoms with E-state index in [1.807, 2.05) is 0 Å². The smallest absolute Gasteiger partial charge is 0.392 e. The number of hydrogen-bond donors (Lipinski definition) is 0. The van der Waals surface area contributed by atoms with Crippen LogP contribution < -0.4 is 4.74 Å². The van der Waals surface area contributed by atoms with E-state index < -0.39 is 35.8 Å². The summed E-state index contributed by atoms with van der Waals surface area (Å²) >= 11 is 0. The van der Waals surface area contributed by atoms with Gasteiger partial charge in [0.2, 0.25) is 0 Å². The molecule has 20 heavy (non-hydrogen) atoms. The Morgan fingerprint density at radius 3 is 2.55 bits per heavy atom. The molecule has 0 saturated carbocycles. The van der Waals surface area contributed by atoms with Gasteiger partial charge in [0.1, 0.15) is 0 Å².